The van der Waals surface area contributed by atoms with Crippen LogP contribution in [0.3, 0.4) is 0 Å². The Labute approximate surface area is 312 Å². The van der Waals surface area contributed by atoms with Crippen LogP contribution in [0.5, 0.6) is 0 Å². The van der Waals surface area contributed by atoms with E-state index in [1.807, 2.05) is 0 Å². The fourth-order valence-electron chi connectivity index (χ4n) is 8.84. The Morgan fingerprint density at radius 2 is 1.20 bits per heavy atom. The van der Waals surface area contributed by atoms with Crippen LogP contribution < -0.4 is 0 Å². The van der Waals surface area contributed by atoms with Crippen molar-refractivity contribution in [3.8, 4) is 22.3 Å². The molecule has 4 heteroatoms. The Balaban J connectivity index is 1.55. The van der Waals surface area contributed by atoms with Gasteiger partial charge in [0.05, 0.1) is 0 Å². The SMILES string of the molecule is CCC(C)C1=Cc2c(-c3ccc(C(C)(C)C)cc3)cccc2[CH]1[Zr]([Cl])([Cl])([CH]1C(C)=Cc2c(-c3ccc(C(C)(C)C)cc3)cc(C)cc21)[SiH](C)C. The molecule has 0 nitrogen and oxygen atoms in total. The second-order valence-corrected chi connectivity index (χ2v) is 60.4. The van der Waals surface area contributed by atoms with E-state index in [0.29, 0.717) is 5.92 Å². The Morgan fingerprint density at radius 1 is 0.680 bits per heavy atom. The van der Waals surface area contributed by atoms with Gasteiger partial charge in [-0.05, 0) is 0 Å². The maximum absolute atomic E-state index is 8.73. The molecule has 50 heavy (non-hydrogen) atoms. The van der Waals surface area contributed by atoms with Crippen LogP contribution in [0.25, 0.3) is 34.4 Å². The molecule has 0 bridgehead atoms. The molecule has 2 aliphatic rings. The van der Waals surface area contributed by atoms with Crippen molar-refractivity contribution in [3.05, 3.63) is 129 Å². The first kappa shape index (κ1) is 37.8. The van der Waals surface area contributed by atoms with Crippen LogP contribution in [0.4, 0.5) is 0 Å². The number of hydrogen-bond acceptors (Lipinski definition) is 0. The summed E-state index contributed by atoms with van der Waals surface area (Å²) in [6.45, 7) is 27.9. The molecule has 0 aliphatic heterocycles. The molecule has 0 amide bonds. The summed E-state index contributed by atoms with van der Waals surface area (Å²) in [7, 11) is 17.5. The van der Waals surface area contributed by atoms with Crippen molar-refractivity contribution in [2.24, 2.45) is 5.92 Å². The van der Waals surface area contributed by atoms with Crippen LogP contribution in [0.2, 0.25) is 13.1 Å². The monoisotopic (exact) mass is 797 g/mol. The van der Waals surface area contributed by atoms with Crippen molar-refractivity contribution in [1.29, 1.82) is 0 Å². The van der Waals surface area contributed by atoms with Gasteiger partial charge in [0, 0.05) is 0 Å². The number of halogens is 2. The van der Waals surface area contributed by atoms with Gasteiger partial charge in [-0.3, -0.25) is 0 Å². The number of allylic oxidation sites excluding steroid dienone is 2. The first-order valence-corrected chi connectivity index (χ1v) is 35.0. The molecule has 4 aromatic carbocycles. The van der Waals surface area contributed by atoms with Gasteiger partial charge in [-0.25, -0.2) is 0 Å². The van der Waals surface area contributed by atoms with Gasteiger partial charge in [0.1, 0.15) is 0 Å². The molecule has 0 spiro atoms. The fourth-order valence-corrected chi connectivity index (χ4v) is 40.9. The molecular formula is C46H57Cl2SiZr. The molecule has 3 atom stereocenters. The maximum atomic E-state index is 8.73. The summed E-state index contributed by atoms with van der Waals surface area (Å²) in [6.07, 6.45) is 6.02. The second kappa shape index (κ2) is 13.2. The topological polar surface area (TPSA) is 0 Å². The summed E-state index contributed by atoms with van der Waals surface area (Å²) in [4.78, 5) is 0. The van der Waals surface area contributed by atoms with Gasteiger partial charge < -0.3 is 0 Å². The first-order chi connectivity index (χ1) is 23.3. The third-order valence-corrected chi connectivity index (χ3v) is 64.1. The normalized spacial score (nSPS) is 19.1. The van der Waals surface area contributed by atoms with Crippen molar-refractivity contribution >= 4 is 35.1 Å². The zero-order chi connectivity index (χ0) is 36.6. The van der Waals surface area contributed by atoms with E-state index in [-0.39, 0.29) is 18.1 Å². The summed E-state index contributed by atoms with van der Waals surface area (Å²) < 4.78 is 0.159. The molecule has 2 aliphatic carbocycles. The summed E-state index contributed by atoms with van der Waals surface area (Å²) in [5, 5.41) is 0. The van der Waals surface area contributed by atoms with Crippen molar-refractivity contribution in [3.63, 3.8) is 0 Å². The Kier molecular flexibility index (Phi) is 9.95. The molecule has 0 heterocycles. The molecule has 6 rings (SSSR count). The van der Waals surface area contributed by atoms with Crippen LogP contribution in [0, 0.1) is 12.8 Å². The number of aryl methyl sites for hydroxylation is 1. The minimum atomic E-state index is -4.87. The van der Waals surface area contributed by atoms with Gasteiger partial charge in [0.15, 0.2) is 0 Å². The van der Waals surface area contributed by atoms with Crippen LogP contribution in [-0.4, -0.2) is 5.92 Å². The van der Waals surface area contributed by atoms with Gasteiger partial charge in [-0.2, -0.15) is 0 Å². The van der Waals surface area contributed by atoms with Gasteiger partial charge in [-0.1, -0.05) is 0 Å². The average Bonchev–Trinajstić information content (AvgIpc) is 3.62. The van der Waals surface area contributed by atoms with Gasteiger partial charge in [-0.15, -0.1) is 0 Å². The molecule has 0 aromatic heterocycles. The first-order valence-electron chi connectivity index (χ1n) is 18.7. The second-order valence-electron chi connectivity index (χ2n) is 17.9. The zero-order valence-corrected chi connectivity index (χ0v) is 37.6. The third-order valence-electron chi connectivity index (χ3n) is 12.1. The van der Waals surface area contributed by atoms with Crippen LogP contribution >= 0.6 is 17.0 Å². The van der Waals surface area contributed by atoms with E-state index in [4.69, 9.17) is 17.0 Å². The van der Waals surface area contributed by atoms with E-state index < -0.39 is 21.5 Å². The van der Waals surface area contributed by atoms with Gasteiger partial charge in [0.25, 0.3) is 0 Å². The number of hydrogen-bond donors (Lipinski definition) is 0. The molecular weight excluding hydrogens is 743 g/mol. The van der Waals surface area contributed by atoms with Crippen molar-refractivity contribution in [1.82, 2.24) is 0 Å². The summed E-state index contributed by atoms with van der Waals surface area (Å²) in [5.74, 6) is -1.27. The Morgan fingerprint density at radius 3 is 1.70 bits per heavy atom. The summed E-state index contributed by atoms with van der Waals surface area (Å²) >= 11 is -4.87. The van der Waals surface area contributed by atoms with E-state index in [0.717, 1.165) is 6.42 Å². The van der Waals surface area contributed by atoms with Crippen LogP contribution in [0.15, 0.2) is 90.0 Å². The predicted molar refractivity (Wildman–Crippen MR) is 223 cm³/mol. The quantitative estimate of drug-likeness (QED) is 0.163. The predicted octanol–water partition coefficient (Wildman–Crippen LogP) is 14.5. The van der Waals surface area contributed by atoms with Crippen molar-refractivity contribution in [2.45, 2.75) is 107 Å². The van der Waals surface area contributed by atoms with Crippen LogP contribution in [-0.2, 0) is 26.4 Å². The average molecular weight is 800 g/mol. The van der Waals surface area contributed by atoms with Gasteiger partial charge >= 0.3 is 315 Å². The summed E-state index contributed by atoms with van der Waals surface area (Å²) in [5.41, 5.74) is 17.5. The third kappa shape index (κ3) is 6.27. The fraction of sp³-hybridized carbons (Fsp3) is 0.391. The molecule has 0 saturated carbocycles. The van der Waals surface area contributed by atoms with E-state index in [9.17, 15) is 0 Å². The van der Waals surface area contributed by atoms with Crippen LogP contribution in [0.1, 0.15) is 115 Å². The molecule has 0 saturated heterocycles. The van der Waals surface area contributed by atoms with Crippen molar-refractivity contribution in [2.75, 3.05) is 0 Å². The van der Waals surface area contributed by atoms with Crippen molar-refractivity contribution < 1.29 is 15.6 Å². The van der Waals surface area contributed by atoms with E-state index >= 15 is 0 Å². The Bertz CT molecular complexity index is 2000. The molecule has 4 aromatic rings. The van der Waals surface area contributed by atoms with E-state index in [1.165, 1.54) is 72.3 Å². The number of rotatable bonds is 7. The standard InChI is InChI=1S/C23H27.C21H23.C2H7Si.2ClH.Zr/c1-6-16(2)19-14-18-8-7-9-21(22(18)15-19)17-10-12-20(13-11-17)23(3,4)5;1-14-10-17-11-15(2)13-20(17)19(12-14)16-6-8-18(9-7-16)21(3,4)5;1-3-2;;;/h7-16H,6H2,1-5H3;6-13H,1-5H3;3H,1-2H3;2*1H;/q;;;;;+2/p-2. The van der Waals surface area contributed by atoms with E-state index in [1.54, 1.807) is 0 Å². The van der Waals surface area contributed by atoms with E-state index in [2.05, 4.69) is 173 Å². The number of benzene rings is 4. The molecule has 263 valence electrons. The molecule has 0 fully saturated rings. The summed E-state index contributed by atoms with van der Waals surface area (Å²) in [6, 6.07) is 30.1. The van der Waals surface area contributed by atoms with Gasteiger partial charge in [0.2, 0.25) is 0 Å². The Hall–Kier alpha value is -1.96. The minimum absolute atomic E-state index is 0.0760. The molecule has 0 radical (unpaired) electrons. The number of fused-ring (bicyclic) bond motifs is 2. The molecule has 0 N–H and O–H groups in total. The zero-order valence-electron chi connectivity index (χ0n) is 32.4. The molecule has 3 unspecified atom stereocenters.